The largest absolute Gasteiger partial charge is 0.297 e. The zero-order chi connectivity index (χ0) is 13.7. The number of aromatic nitrogens is 4. The van der Waals surface area contributed by atoms with Crippen LogP contribution in [0.25, 0.3) is 11.4 Å². The Morgan fingerprint density at radius 3 is 2.74 bits per heavy atom. The van der Waals surface area contributed by atoms with Crippen LogP contribution < -0.4 is 0 Å². The van der Waals surface area contributed by atoms with Gasteiger partial charge in [0.15, 0.2) is 10.6 Å². The maximum atomic E-state index is 5.36. The topological polar surface area (TPSA) is 46.5 Å². The number of H-pyrrole nitrogens is 1. The molecule has 0 aromatic carbocycles. The normalized spacial score (nSPS) is 12.5. The van der Waals surface area contributed by atoms with E-state index in [4.69, 9.17) is 12.2 Å². The van der Waals surface area contributed by atoms with Gasteiger partial charge in [-0.05, 0) is 37.7 Å². The number of aromatic amines is 1. The van der Waals surface area contributed by atoms with Gasteiger partial charge in [0.2, 0.25) is 0 Å². The van der Waals surface area contributed by atoms with Gasteiger partial charge in [-0.2, -0.15) is 5.10 Å². The molecule has 2 rings (SSSR count). The van der Waals surface area contributed by atoms with Gasteiger partial charge in [0.1, 0.15) is 0 Å². The van der Waals surface area contributed by atoms with Gasteiger partial charge < -0.3 is 0 Å². The smallest absolute Gasteiger partial charge is 0.195 e. The van der Waals surface area contributed by atoms with Crippen molar-refractivity contribution in [1.82, 2.24) is 19.7 Å². The molecule has 102 valence electrons. The Bertz CT molecular complexity index is 558. The van der Waals surface area contributed by atoms with Gasteiger partial charge in [-0.25, -0.2) is 0 Å². The first-order chi connectivity index (χ1) is 9.24. The van der Waals surface area contributed by atoms with E-state index in [2.05, 4.69) is 33.6 Å². The van der Waals surface area contributed by atoms with Gasteiger partial charge in [0.05, 0.1) is 0 Å². The van der Waals surface area contributed by atoms with Crippen molar-refractivity contribution < 1.29 is 0 Å². The highest BCUT2D eigenvalue weighted by Gasteiger charge is 2.13. The van der Waals surface area contributed by atoms with Gasteiger partial charge in [0.25, 0.3) is 0 Å². The summed E-state index contributed by atoms with van der Waals surface area (Å²) in [6.45, 7) is 4.42. The van der Waals surface area contributed by atoms with Crippen LogP contribution in [0.5, 0.6) is 0 Å². The molecule has 0 fully saturated rings. The summed E-state index contributed by atoms with van der Waals surface area (Å²) in [7, 11) is 0. The van der Waals surface area contributed by atoms with Crippen LogP contribution in [0.3, 0.4) is 0 Å². The number of nitrogens with one attached hydrogen (secondary N) is 1. The summed E-state index contributed by atoms with van der Waals surface area (Å²) in [4.78, 5) is 4.04. The van der Waals surface area contributed by atoms with Crippen LogP contribution >= 0.6 is 12.2 Å². The standard InChI is InChI=1S/C14H20N4S/c1-3-4-5-6-11(2)18-13(16-17-14(18)19)12-7-9-15-10-8-12/h7-11H,3-6H2,1-2H3,(H,17,19). The van der Waals surface area contributed by atoms with Crippen LogP contribution in [0.2, 0.25) is 0 Å². The average molecular weight is 276 g/mol. The van der Waals surface area contributed by atoms with E-state index in [0.717, 1.165) is 17.8 Å². The summed E-state index contributed by atoms with van der Waals surface area (Å²) >= 11 is 5.36. The molecule has 2 heterocycles. The molecule has 5 heteroatoms. The van der Waals surface area contributed by atoms with Crippen LogP contribution in [-0.2, 0) is 0 Å². The SMILES string of the molecule is CCCCCC(C)n1c(-c2ccncc2)n[nH]c1=S. The second-order valence-electron chi connectivity index (χ2n) is 4.80. The van der Waals surface area contributed by atoms with Crippen LogP contribution in [0.1, 0.15) is 45.6 Å². The Morgan fingerprint density at radius 2 is 2.05 bits per heavy atom. The van der Waals surface area contributed by atoms with Crippen LogP contribution in [0.4, 0.5) is 0 Å². The molecular formula is C14H20N4S. The van der Waals surface area contributed by atoms with Crippen LogP contribution in [0.15, 0.2) is 24.5 Å². The van der Waals surface area contributed by atoms with Gasteiger partial charge >= 0.3 is 0 Å². The molecule has 0 aliphatic heterocycles. The fourth-order valence-electron chi connectivity index (χ4n) is 2.24. The molecule has 2 aromatic heterocycles. The van der Waals surface area contributed by atoms with Crippen molar-refractivity contribution in [2.45, 2.75) is 45.6 Å². The third-order valence-corrected chi connectivity index (χ3v) is 3.60. The highest BCUT2D eigenvalue weighted by molar-refractivity contribution is 7.71. The van der Waals surface area contributed by atoms with E-state index in [9.17, 15) is 0 Å². The van der Waals surface area contributed by atoms with E-state index in [1.165, 1.54) is 19.3 Å². The van der Waals surface area contributed by atoms with Crippen LogP contribution in [-0.4, -0.2) is 19.7 Å². The maximum Gasteiger partial charge on any atom is 0.195 e. The average Bonchev–Trinajstić information content (AvgIpc) is 2.82. The lowest BCUT2D eigenvalue weighted by Crippen LogP contribution is -2.07. The zero-order valence-electron chi connectivity index (χ0n) is 11.5. The third-order valence-electron chi connectivity index (χ3n) is 3.31. The Labute approximate surface area is 118 Å². The zero-order valence-corrected chi connectivity index (χ0v) is 12.3. The predicted molar refractivity (Wildman–Crippen MR) is 79.5 cm³/mol. The Balaban J connectivity index is 2.25. The molecule has 0 spiro atoms. The summed E-state index contributed by atoms with van der Waals surface area (Å²) in [6, 6.07) is 4.28. The maximum absolute atomic E-state index is 5.36. The number of pyridine rings is 1. The Hall–Kier alpha value is -1.49. The van der Waals surface area contributed by atoms with Crippen molar-refractivity contribution in [3.05, 3.63) is 29.3 Å². The van der Waals surface area contributed by atoms with Crippen molar-refractivity contribution >= 4 is 12.2 Å². The summed E-state index contributed by atoms with van der Waals surface area (Å²) in [5.41, 5.74) is 1.05. The lowest BCUT2D eigenvalue weighted by atomic mass is 10.1. The highest BCUT2D eigenvalue weighted by Crippen LogP contribution is 2.23. The number of hydrogen-bond donors (Lipinski definition) is 1. The van der Waals surface area contributed by atoms with Crippen molar-refractivity contribution in [2.75, 3.05) is 0 Å². The van der Waals surface area contributed by atoms with Gasteiger partial charge in [-0.3, -0.25) is 14.6 Å². The summed E-state index contributed by atoms with van der Waals surface area (Å²) < 4.78 is 2.80. The first kappa shape index (κ1) is 13.9. The Kier molecular flexibility index (Phi) is 4.85. The fourth-order valence-corrected chi connectivity index (χ4v) is 2.55. The molecule has 4 nitrogen and oxygen atoms in total. The first-order valence-electron chi connectivity index (χ1n) is 6.81. The minimum Gasteiger partial charge on any atom is -0.297 e. The molecule has 0 aliphatic carbocycles. The molecule has 0 saturated heterocycles. The molecule has 0 bridgehead atoms. The monoisotopic (exact) mass is 276 g/mol. The van der Waals surface area contributed by atoms with E-state index in [1.807, 2.05) is 12.1 Å². The molecule has 19 heavy (non-hydrogen) atoms. The van der Waals surface area contributed by atoms with Gasteiger partial charge in [0, 0.05) is 24.0 Å². The van der Waals surface area contributed by atoms with Crippen molar-refractivity contribution in [3.8, 4) is 11.4 Å². The lowest BCUT2D eigenvalue weighted by molar-refractivity contribution is 0.476. The molecule has 0 amide bonds. The van der Waals surface area contributed by atoms with Crippen molar-refractivity contribution in [2.24, 2.45) is 0 Å². The number of nitrogens with zero attached hydrogens (tertiary/aromatic N) is 3. The van der Waals surface area contributed by atoms with Crippen molar-refractivity contribution in [1.29, 1.82) is 0 Å². The molecule has 0 aliphatic rings. The van der Waals surface area contributed by atoms with Crippen molar-refractivity contribution in [3.63, 3.8) is 0 Å². The fraction of sp³-hybridized carbons (Fsp3) is 0.500. The lowest BCUT2D eigenvalue weighted by Gasteiger charge is -2.15. The quantitative estimate of drug-likeness (QED) is 0.637. The number of unbranched alkanes of at least 4 members (excludes halogenated alkanes) is 2. The minimum atomic E-state index is 0.362. The van der Waals surface area contributed by atoms with E-state index < -0.39 is 0 Å². The van der Waals surface area contributed by atoms with Crippen LogP contribution in [0, 0.1) is 4.77 Å². The first-order valence-corrected chi connectivity index (χ1v) is 7.22. The highest BCUT2D eigenvalue weighted by atomic mass is 32.1. The summed E-state index contributed by atoms with van der Waals surface area (Å²) in [6.07, 6.45) is 8.40. The number of hydrogen-bond acceptors (Lipinski definition) is 3. The van der Waals surface area contributed by atoms with E-state index in [0.29, 0.717) is 10.8 Å². The molecule has 2 aromatic rings. The minimum absolute atomic E-state index is 0.362. The molecule has 1 atom stereocenters. The summed E-state index contributed by atoms with van der Waals surface area (Å²) in [5.74, 6) is 0.899. The molecule has 0 saturated carbocycles. The second-order valence-corrected chi connectivity index (χ2v) is 5.19. The summed E-state index contributed by atoms with van der Waals surface area (Å²) in [5, 5.41) is 7.26. The van der Waals surface area contributed by atoms with E-state index >= 15 is 0 Å². The Morgan fingerprint density at radius 1 is 1.32 bits per heavy atom. The van der Waals surface area contributed by atoms with E-state index in [-0.39, 0.29) is 0 Å². The molecule has 1 unspecified atom stereocenters. The predicted octanol–water partition coefficient (Wildman–Crippen LogP) is 4.14. The second kappa shape index (κ2) is 6.61. The third kappa shape index (κ3) is 3.29. The van der Waals surface area contributed by atoms with E-state index in [1.54, 1.807) is 12.4 Å². The molecule has 1 N–H and O–H groups in total. The molecular weight excluding hydrogens is 256 g/mol. The molecule has 0 radical (unpaired) electrons. The number of rotatable bonds is 6. The van der Waals surface area contributed by atoms with Gasteiger partial charge in [-0.15, -0.1) is 0 Å². The van der Waals surface area contributed by atoms with Gasteiger partial charge in [-0.1, -0.05) is 26.2 Å².